The van der Waals surface area contributed by atoms with Gasteiger partial charge in [-0.1, -0.05) is 48.4 Å². The van der Waals surface area contributed by atoms with Crippen LogP contribution in [0.4, 0.5) is 0 Å². The van der Waals surface area contributed by atoms with Gasteiger partial charge in [0.25, 0.3) is 0 Å². The van der Waals surface area contributed by atoms with Crippen LogP contribution in [-0.4, -0.2) is 11.1 Å². The second kappa shape index (κ2) is 9.33. The molecule has 3 rings (SSSR count). The minimum absolute atomic E-state index is 0.240. The summed E-state index contributed by atoms with van der Waals surface area (Å²) in [4.78, 5) is 24.4. The van der Waals surface area contributed by atoms with Gasteiger partial charge in [0.2, 0.25) is 5.91 Å². The number of carbonyl (C=O) groups is 1. The van der Waals surface area contributed by atoms with Crippen LogP contribution in [0.5, 0.6) is 0 Å². The van der Waals surface area contributed by atoms with Crippen LogP contribution in [0.2, 0.25) is 0 Å². The third-order valence-electron chi connectivity index (χ3n) is 5.02. The lowest BCUT2D eigenvalue weighted by atomic mass is 9.92. The number of unbranched alkanes of at least 4 members (excludes halogenated alkanes) is 1. The van der Waals surface area contributed by atoms with Crippen LogP contribution in [0.1, 0.15) is 36.0 Å². The van der Waals surface area contributed by atoms with Crippen molar-refractivity contribution >= 4 is 16.9 Å². The van der Waals surface area contributed by atoms with Gasteiger partial charge in [-0.05, 0) is 56.4 Å². The molecule has 0 fully saturated rings. The lowest BCUT2D eigenvalue weighted by Gasteiger charge is -2.14. The zero-order valence-electron chi connectivity index (χ0n) is 16.0. The predicted molar refractivity (Wildman–Crippen MR) is 108 cm³/mol. The van der Waals surface area contributed by atoms with Gasteiger partial charge in [0.1, 0.15) is 5.58 Å². The van der Waals surface area contributed by atoms with E-state index in [1.165, 1.54) is 5.56 Å². The standard InChI is InChI=1S/C23H25NO4/c1-16-11-12-21-19(13-16)15-20(23(26)28-21)14-18(22(25)24-27)10-6-5-9-17-7-3-2-4-8-17/h2-4,7-8,11-13,15,18,27H,5-6,9-10,14H2,1H3,(H,24,25). The number of rotatable bonds is 8. The minimum Gasteiger partial charge on any atom is -0.423 e. The molecule has 1 atom stereocenters. The Morgan fingerprint density at radius 1 is 1.11 bits per heavy atom. The summed E-state index contributed by atoms with van der Waals surface area (Å²) in [6.45, 7) is 1.97. The first-order valence-electron chi connectivity index (χ1n) is 9.58. The van der Waals surface area contributed by atoms with Crippen molar-refractivity contribution in [3.8, 4) is 0 Å². The van der Waals surface area contributed by atoms with E-state index in [2.05, 4.69) is 12.1 Å². The molecule has 0 spiro atoms. The zero-order valence-corrected chi connectivity index (χ0v) is 16.0. The highest BCUT2D eigenvalue weighted by atomic mass is 16.5. The molecule has 3 aromatic rings. The van der Waals surface area contributed by atoms with Crippen molar-refractivity contribution in [2.24, 2.45) is 5.92 Å². The lowest BCUT2D eigenvalue weighted by Crippen LogP contribution is -2.30. The molecule has 2 aromatic carbocycles. The molecule has 0 aliphatic carbocycles. The summed E-state index contributed by atoms with van der Waals surface area (Å²) in [5.74, 6) is -0.950. The smallest absolute Gasteiger partial charge is 0.339 e. The second-order valence-corrected chi connectivity index (χ2v) is 7.21. The Labute approximate surface area is 164 Å². The summed E-state index contributed by atoms with van der Waals surface area (Å²) in [6, 6.07) is 17.6. The molecule has 0 bridgehead atoms. The Balaban J connectivity index is 1.68. The van der Waals surface area contributed by atoms with Gasteiger partial charge in [-0.3, -0.25) is 10.0 Å². The predicted octanol–water partition coefficient (Wildman–Crippen LogP) is 4.18. The fourth-order valence-corrected chi connectivity index (χ4v) is 3.48. The summed E-state index contributed by atoms with van der Waals surface area (Å²) >= 11 is 0. The van der Waals surface area contributed by atoms with E-state index >= 15 is 0 Å². The maximum Gasteiger partial charge on any atom is 0.339 e. The molecule has 28 heavy (non-hydrogen) atoms. The third kappa shape index (κ3) is 5.08. The Kier molecular flexibility index (Phi) is 6.61. The highest BCUT2D eigenvalue weighted by molar-refractivity contribution is 5.79. The molecule has 5 nitrogen and oxygen atoms in total. The summed E-state index contributed by atoms with van der Waals surface area (Å²) in [5, 5.41) is 9.93. The molecule has 1 unspecified atom stereocenters. The van der Waals surface area contributed by atoms with Gasteiger partial charge in [-0.2, -0.15) is 0 Å². The largest absolute Gasteiger partial charge is 0.423 e. The minimum atomic E-state index is -0.481. The van der Waals surface area contributed by atoms with Crippen LogP contribution in [0.25, 0.3) is 11.0 Å². The topological polar surface area (TPSA) is 79.5 Å². The van der Waals surface area contributed by atoms with Gasteiger partial charge in [-0.25, -0.2) is 10.3 Å². The molecule has 1 amide bonds. The summed E-state index contributed by atoms with van der Waals surface area (Å²) in [5.41, 5.74) is 4.62. The fraction of sp³-hybridized carbons (Fsp3) is 0.304. The van der Waals surface area contributed by atoms with Crippen LogP contribution >= 0.6 is 0 Å². The molecule has 0 aliphatic rings. The lowest BCUT2D eigenvalue weighted by molar-refractivity contribution is -0.133. The number of fused-ring (bicyclic) bond motifs is 1. The SMILES string of the molecule is Cc1ccc2oc(=O)c(CC(CCCCc3ccccc3)C(=O)NO)cc2c1. The summed E-state index contributed by atoms with van der Waals surface area (Å²) in [6.07, 6.45) is 3.52. The number of benzene rings is 2. The molecule has 1 heterocycles. The highest BCUT2D eigenvalue weighted by Gasteiger charge is 2.20. The van der Waals surface area contributed by atoms with Gasteiger partial charge in [0.05, 0.1) is 0 Å². The second-order valence-electron chi connectivity index (χ2n) is 7.21. The molecular weight excluding hydrogens is 354 g/mol. The highest BCUT2D eigenvalue weighted by Crippen LogP contribution is 2.20. The summed E-state index contributed by atoms with van der Waals surface area (Å²) in [7, 11) is 0. The first kappa shape index (κ1) is 19.8. The van der Waals surface area contributed by atoms with Crippen LogP contribution in [0.15, 0.2) is 63.8 Å². The maximum atomic E-state index is 12.3. The quantitative estimate of drug-likeness (QED) is 0.266. The van der Waals surface area contributed by atoms with Crippen molar-refractivity contribution in [2.75, 3.05) is 0 Å². The number of carbonyl (C=O) groups excluding carboxylic acids is 1. The molecule has 1 aromatic heterocycles. The van der Waals surface area contributed by atoms with Crippen LogP contribution in [0, 0.1) is 12.8 Å². The molecule has 146 valence electrons. The Morgan fingerprint density at radius 3 is 2.64 bits per heavy atom. The van der Waals surface area contributed by atoms with Crippen LogP contribution < -0.4 is 11.1 Å². The van der Waals surface area contributed by atoms with Crippen molar-refractivity contribution in [3.63, 3.8) is 0 Å². The first-order chi connectivity index (χ1) is 13.6. The average Bonchev–Trinajstić information content (AvgIpc) is 2.71. The fourth-order valence-electron chi connectivity index (χ4n) is 3.48. The monoisotopic (exact) mass is 379 g/mol. The molecule has 0 saturated heterocycles. The van der Waals surface area contributed by atoms with Crippen molar-refractivity contribution in [1.82, 2.24) is 5.48 Å². The Bertz CT molecular complexity index is 994. The number of nitrogens with one attached hydrogen (secondary N) is 1. The Morgan fingerprint density at radius 2 is 1.89 bits per heavy atom. The molecule has 2 N–H and O–H groups in total. The number of aryl methyl sites for hydroxylation is 2. The van der Waals surface area contributed by atoms with E-state index in [4.69, 9.17) is 9.62 Å². The molecular formula is C23H25NO4. The molecule has 0 saturated carbocycles. The van der Waals surface area contributed by atoms with Crippen molar-refractivity contribution in [2.45, 2.75) is 39.0 Å². The number of amides is 1. The third-order valence-corrected chi connectivity index (χ3v) is 5.02. The molecule has 0 aliphatic heterocycles. The van der Waals surface area contributed by atoms with Gasteiger partial charge in [0, 0.05) is 16.9 Å². The van der Waals surface area contributed by atoms with E-state index in [0.717, 1.165) is 30.2 Å². The summed E-state index contributed by atoms with van der Waals surface area (Å²) < 4.78 is 5.40. The average molecular weight is 379 g/mol. The molecule has 5 heteroatoms. The maximum absolute atomic E-state index is 12.3. The van der Waals surface area contributed by atoms with Gasteiger partial charge >= 0.3 is 5.63 Å². The number of hydroxylamine groups is 1. The van der Waals surface area contributed by atoms with E-state index in [-0.39, 0.29) is 6.42 Å². The van der Waals surface area contributed by atoms with Gasteiger partial charge < -0.3 is 4.42 Å². The van der Waals surface area contributed by atoms with Crippen molar-refractivity contribution in [3.05, 3.63) is 81.7 Å². The van der Waals surface area contributed by atoms with E-state index in [1.807, 2.05) is 37.3 Å². The Hall–Kier alpha value is -2.92. The van der Waals surface area contributed by atoms with E-state index in [9.17, 15) is 9.59 Å². The van der Waals surface area contributed by atoms with E-state index < -0.39 is 17.5 Å². The zero-order chi connectivity index (χ0) is 19.9. The number of hydrogen-bond acceptors (Lipinski definition) is 4. The van der Waals surface area contributed by atoms with Crippen LogP contribution in [-0.2, 0) is 17.6 Å². The number of hydrogen-bond donors (Lipinski definition) is 2. The first-order valence-corrected chi connectivity index (χ1v) is 9.58. The van der Waals surface area contributed by atoms with E-state index in [0.29, 0.717) is 17.6 Å². The van der Waals surface area contributed by atoms with Gasteiger partial charge in [-0.15, -0.1) is 0 Å². The van der Waals surface area contributed by atoms with Crippen molar-refractivity contribution < 1.29 is 14.4 Å². The molecule has 0 radical (unpaired) electrons. The van der Waals surface area contributed by atoms with E-state index in [1.54, 1.807) is 17.6 Å². The van der Waals surface area contributed by atoms with Crippen LogP contribution in [0.3, 0.4) is 0 Å². The van der Waals surface area contributed by atoms with Gasteiger partial charge in [0.15, 0.2) is 0 Å². The normalized spacial score (nSPS) is 12.1. The van der Waals surface area contributed by atoms with Crippen molar-refractivity contribution in [1.29, 1.82) is 0 Å².